The minimum Gasteiger partial charge on any atom is -0.328 e. The van der Waals surface area contributed by atoms with Gasteiger partial charge in [0.15, 0.2) is 0 Å². The quantitative estimate of drug-likeness (QED) is 0.729. The van der Waals surface area contributed by atoms with Crippen LogP contribution in [0, 0.1) is 0 Å². The molecule has 3 amide bonds. The van der Waals surface area contributed by atoms with Crippen molar-refractivity contribution in [1.29, 1.82) is 0 Å². The Hall–Kier alpha value is -1.96. The number of hydrogen-bond acceptors (Lipinski definition) is 2. The molecule has 3 N–H and O–H groups in total. The minimum atomic E-state index is -4.52. The van der Waals surface area contributed by atoms with Crippen LogP contribution in [0.3, 0.4) is 0 Å². The van der Waals surface area contributed by atoms with Gasteiger partial charge in [-0.1, -0.05) is 11.6 Å². The molecule has 1 rings (SSSR count). The fourth-order valence-corrected chi connectivity index (χ4v) is 1.14. The number of rotatable bonds is 2. The number of benzene rings is 1. The van der Waals surface area contributed by atoms with Gasteiger partial charge in [-0.2, -0.15) is 13.2 Å². The van der Waals surface area contributed by atoms with E-state index in [-0.39, 0.29) is 5.56 Å². The van der Waals surface area contributed by atoms with Gasteiger partial charge in [-0.3, -0.25) is 10.2 Å². The molecule has 0 saturated heterocycles. The normalized spacial score (nSPS) is 10.7. The van der Waals surface area contributed by atoms with E-state index in [1.54, 1.807) is 5.43 Å². The molecule has 1 aromatic carbocycles. The maximum absolute atomic E-state index is 11.8. The molecule has 0 spiro atoms. The Kier molecular flexibility index (Phi) is 4.99. The van der Waals surface area contributed by atoms with Crippen molar-refractivity contribution in [2.24, 2.45) is 0 Å². The summed E-state index contributed by atoms with van der Waals surface area (Å²) in [5, 5.41) is 1.95. The van der Waals surface area contributed by atoms with Gasteiger partial charge >= 0.3 is 12.2 Å². The highest BCUT2D eigenvalue weighted by atomic mass is 35.5. The number of urea groups is 1. The molecule has 0 heterocycles. The molecule has 0 radical (unpaired) electrons. The first kappa shape index (κ1) is 15.1. The van der Waals surface area contributed by atoms with E-state index in [1.807, 2.05) is 5.43 Å². The molecule has 1 aromatic rings. The van der Waals surface area contributed by atoms with Crippen LogP contribution in [0.1, 0.15) is 10.4 Å². The maximum Gasteiger partial charge on any atom is 0.405 e. The third-order valence-corrected chi connectivity index (χ3v) is 2.10. The second-order valence-corrected chi connectivity index (χ2v) is 3.82. The van der Waals surface area contributed by atoms with E-state index in [0.717, 1.165) is 0 Å². The van der Waals surface area contributed by atoms with Crippen LogP contribution in [0.2, 0.25) is 5.02 Å². The lowest BCUT2D eigenvalue weighted by Crippen LogP contribution is -2.48. The number of alkyl halides is 3. The predicted molar refractivity (Wildman–Crippen MR) is 61.5 cm³/mol. The number of carbonyl (C=O) groups is 2. The van der Waals surface area contributed by atoms with E-state index < -0.39 is 24.7 Å². The van der Waals surface area contributed by atoms with Gasteiger partial charge in [-0.25, -0.2) is 10.2 Å². The summed E-state index contributed by atoms with van der Waals surface area (Å²) < 4.78 is 35.3. The Morgan fingerprint density at radius 1 is 1.11 bits per heavy atom. The van der Waals surface area contributed by atoms with Crippen molar-refractivity contribution < 1.29 is 22.8 Å². The maximum atomic E-state index is 11.8. The van der Waals surface area contributed by atoms with Gasteiger partial charge in [0, 0.05) is 10.6 Å². The van der Waals surface area contributed by atoms with Crippen molar-refractivity contribution in [2.75, 3.05) is 6.54 Å². The van der Waals surface area contributed by atoms with Gasteiger partial charge < -0.3 is 5.32 Å². The smallest absolute Gasteiger partial charge is 0.328 e. The molecular weight excluding hydrogens is 287 g/mol. The summed E-state index contributed by atoms with van der Waals surface area (Å²) in [5.74, 6) is -0.682. The molecule has 0 aliphatic heterocycles. The van der Waals surface area contributed by atoms with E-state index in [4.69, 9.17) is 11.6 Å². The van der Waals surface area contributed by atoms with Gasteiger partial charge in [0.05, 0.1) is 0 Å². The molecule has 5 nitrogen and oxygen atoms in total. The fraction of sp³-hybridized carbons (Fsp3) is 0.200. The van der Waals surface area contributed by atoms with E-state index >= 15 is 0 Å². The Bertz CT molecular complexity index is 462. The van der Waals surface area contributed by atoms with Gasteiger partial charge in [0.25, 0.3) is 5.91 Å². The number of hydrazine groups is 1. The number of nitrogens with one attached hydrogen (secondary N) is 3. The lowest BCUT2D eigenvalue weighted by atomic mass is 10.2. The largest absolute Gasteiger partial charge is 0.405 e. The lowest BCUT2D eigenvalue weighted by Gasteiger charge is -2.10. The molecule has 0 saturated carbocycles. The van der Waals surface area contributed by atoms with Crippen LogP contribution in [-0.4, -0.2) is 24.7 Å². The zero-order chi connectivity index (χ0) is 14.5. The van der Waals surface area contributed by atoms with Crippen molar-refractivity contribution in [3.8, 4) is 0 Å². The second-order valence-electron chi connectivity index (χ2n) is 3.38. The molecule has 9 heteroatoms. The summed E-state index contributed by atoms with van der Waals surface area (Å²) in [6.07, 6.45) is -4.52. The minimum absolute atomic E-state index is 0.195. The molecule has 0 atom stereocenters. The van der Waals surface area contributed by atoms with E-state index in [2.05, 4.69) is 0 Å². The fourth-order valence-electron chi connectivity index (χ4n) is 1.01. The Morgan fingerprint density at radius 2 is 1.68 bits per heavy atom. The number of halogens is 4. The average Bonchev–Trinajstić information content (AvgIpc) is 2.33. The van der Waals surface area contributed by atoms with Gasteiger partial charge in [0.2, 0.25) is 0 Å². The molecular formula is C10H9ClF3N3O2. The van der Waals surface area contributed by atoms with E-state index in [0.29, 0.717) is 5.02 Å². The summed E-state index contributed by atoms with van der Waals surface area (Å²) in [6.45, 7) is -1.49. The molecule has 0 aromatic heterocycles. The van der Waals surface area contributed by atoms with Crippen molar-refractivity contribution in [3.05, 3.63) is 34.9 Å². The van der Waals surface area contributed by atoms with Crippen LogP contribution in [0.4, 0.5) is 18.0 Å². The summed E-state index contributed by atoms with van der Waals surface area (Å²) in [4.78, 5) is 22.4. The van der Waals surface area contributed by atoms with E-state index in [1.165, 1.54) is 29.6 Å². The van der Waals surface area contributed by atoms with Crippen LogP contribution in [-0.2, 0) is 0 Å². The molecule has 0 aliphatic rings. The highest BCUT2D eigenvalue weighted by molar-refractivity contribution is 6.30. The molecule has 0 aliphatic carbocycles. The number of hydrogen-bond donors (Lipinski definition) is 3. The molecule has 0 fully saturated rings. The first-order valence-corrected chi connectivity index (χ1v) is 5.32. The monoisotopic (exact) mass is 295 g/mol. The van der Waals surface area contributed by atoms with Gasteiger partial charge in [0.1, 0.15) is 6.54 Å². The first-order valence-electron chi connectivity index (χ1n) is 4.94. The second kappa shape index (κ2) is 6.28. The van der Waals surface area contributed by atoms with Gasteiger partial charge in [-0.05, 0) is 24.3 Å². The third-order valence-electron chi connectivity index (χ3n) is 1.85. The SMILES string of the molecule is O=C(NCC(F)(F)F)NNC(=O)c1ccc(Cl)cc1. The summed E-state index contributed by atoms with van der Waals surface area (Å²) in [6, 6.07) is 4.54. The van der Waals surface area contributed by atoms with Gasteiger partial charge in [-0.15, -0.1) is 0 Å². The van der Waals surface area contributed by atoms with Crippen molar-refractivity contribution in [1.82, 2.24) is 16.2 Å². The number of carbonyl (C=O) groups excluding carboxylic acids is 2. The first-order chi connectivity index (χ1) is 8.78. The molecule has 0 unspecified atom stereocenters. The predicted octanol–water partition coefficient (Wildman–Crippen LogP) is 1.85. The molecule has 0 bridgehead atoms. The summed E-state index contributed by atoms with van der Waals surface area (Å²) in [5.41, 5.74) is 3.92. The highest BCUT2D eigenvalue weighted by Gasteiger charge is 2.27. The topological polar surface area (TPSA) is 70.2 Å². The van der Waals surface area contributed by atoms with E-state index in [9.17, 15) is 22.8 Å². The average molecular weight is 296 g/mol. The lowest BCUT2D eigenvalue weighted by molar-refractivity contribution is -0.122. The van der Waals surface area contributed by atoms with Crippen LogP contribution in [0.5, 0.6) is 0 Å². The molecule has 19 heavy (non-hydrogen) atoms. The summed E-state index contributed by atoms with van der Waals surface area (Å²) in [7, 11) is 0. The Labute approximate surface area is 111 Å². The van der Waals surface area contributed by atoms with Crippen molar-refractivity contribution in [2.45, 2.75) is 6.18 Å². The zero-order valence-electron chi connectivity index (χ0n) is 9.34. The Morgan fingerprint density at radius 3 is 2.21 bits per heavy atom. The summed E-state index contributed by atoms with van der Waals surface area (Å²) >= 11 is 5.61. The van der Waals surface area contributed by atoms with Crippen LogP contribution in [0.15, 0.2) is 24.3 Å². The molecule has 104 valence electrons. The Balaban J connectivity index is 2.38. The van der Waals surface area contributed by atoms with Crippen LogP contribution in [0.25, 0.3) is 0 Å². The number of amides is 3. The van der Waals surface area contributed by atoms with Crippen LogP contribution >= 0.6 is 11.6 Å². The van der Waals surface area contributed by atoms with Crippen LogP contribution < -0.4 is 16.2 Å². The van der Waals surface area contributed by atoms with Crippen molar-refractivity contribution >= 4 is 23.5 Å². The third kappa shape index (κ3) is 5.96. The highest BCUT2D eigenvalue weighted by Crippen LogP contribution is 2.12. The standard InChI is InChI=1S/C10H9ClF3N3O2/c11-7-3-1-6(2-4-7)8(18)16-17-9(19)15-5-10(12,13)14/h1-4H,5H2,(H,16,18)(H2,15,17,19). The van der Waals surface area contributed by atoms with Crippen molar-refractivity contribution in [3.63, 3.8) is 0 Å². The zero-order valence-corrected chi connectivity index (χ0v) is 10.1.